The van der Waals surface area contributed by atoms with Gasteiger partial charge in [0.2, 0.25) is 5.91 Å². The van der Waals surface area contributed by atoms with Gasteiger partial charge in [-0.05, 0) is 52.5 Å². The average Bonchev–Trinajstić information content (AvgIpc) is 3.19. The van der Waals surface area contributed by atoms with Gasteiger partial charge in [-0.3, -0.25) is 4.79 Å². The maximum absolute atomic E-state index is 12.1. The first-order chi connectivity index (χ1) is 10.2. The molecule has 0 unspecified atom stereocenters. The third-order valence-corrected chi connectivity index (χ3v) is 4.15. The molecule has 1 saturated carbocycles. The summed E-state index contributed by atoms with van der Waals surface area (Å²) >= 11 is 3.42. The molecule has 1 aliphatic rings. The molecule has 0 spiro atoms. The van der Waals surface area contributed by atoms with E-state index < -0.39 is 0 Å². The maximum Gasteiger partial charge on any atom is 0.244 e. The molecule has 1 aliphatic carbocycles. The number of carbonyl (C=O) groups excluding carboxylic acids is 1. The highest BCUT2D eigenvalue weighted by Crippen LogP contribution is 2.21. The summed E-state index contributed by atoms with van der Waals surface area (Å²) in [7, 11) is 0. The summed E-state index contributed by atoms with van der Waals surface area (Å²) < 4.78 is 2.80. The van der Waals surface area contributed by atoms with Gasteiger partial charge in [-0.15, -0.1) is 0 Å². The molecule has 0 saturated heterocycles. The van der Waals surface area contributed by atoms with Crippen LogP contribution >= 0.6 is 15.9 Å². The normalized spacial score (nSPS) is 14.1. The Hall–Kier alpha value is -1.59. The third-order valence-electron chi connectivity index (χ3n) is 3.46. The topological polar surface area (TPSA) is 46.1 Å². The van der Waals surface area contributed by atoms with E-state index in [1.165, 1.54) is 18.4 Å². The fourth-order valence-corrected chi connectivity index (χ4v) is 2.55. The zero-order valence-electron chi connectivity index (χ0n) is 11.7. The van der Waals surface area contributed by atoms with E-state index in [0.717, 1.165) is 16.7 Å². The number of anilines is 1. The average molecular weight is 348 g/mol. The number of para-hydroxylation sites is 1. The second kappa shape index (κ2) is 6.45. The highest BCUT2D eigenvalue weighted by atomic mass is 79.9. The molecule has 2 aromatic rings. The van der Waals surface area contributed by atoms with E-state index in [-0.39, 0.29) is 5.91 Å². The minimum atomic E-state index is -0.0285. The van der Waals surface area contributed by atoms with Crippen molar-refractivity contribution in [2.75, 3.05) is 5.32 Å². The van der Waals surface area contributed by atoms with Gasteiger partial charge < -0.3 is 15.2 Å². The van der Waals surface area contributed by atoms with Crippen molar-refractivity contribution in [1.29, 1.82) is 0 Å². The Labute approximate surface area is 132 Å². The van der Waals surface area contributed by atoms with Crippen molar-refractivity contribution in [2.24, 2.45) is 0 Å². The first kappa shape index (κ1) is 14.4. The quantitative estimate of drug-likeness (QED) is 0.843. The van der Waals surface area contributed by atoms with Crippen LogP contribution in [0.5, 0.6) is 0 Å². The van der Waals surface area contributed by atoms with Crippen LogP contribution in [-0.4, -0.2) is 16.5 Å². The van der Waals surface area contributed by atoms with Gasteiger partial charge in [-0.1, -0.05) is 12.1 Å². The molecule has 1 aromatic heterocycles. The van der Waals surface area contributed by atoms with E-state index in [0.29, 0.717) is 12.6 Å². The summed E-state index contributed by atoms with van der Waals surface area (Å²) in [5, 5.41) is 6.37. The first-order valence-electron chi connectivity index (χ1n) is 7.13. The maximum atomic E-state index is 12.1. The fraction of sp³-hybridized carbons (Fsp3) is 0.312. The van der Waals surface area contributed by atoms with Gasteiger partial charge >= 0.3 is 0 Å². The molecule has 1 heterocycles. The van der Waals surface area contributed by atoms with E-state index in [1.54, 1.807) is 0 Å². The van der Waals surface area contributed by atoms with Crippen LogP contribution in [0.1, 0.15) is 18.4 Å². The lowest BCUT2D eigenvalue weighted by Crippen LogP contribution is -2.18. The second-order valence-corrected chi connectivity index (χ2v) is 6.23. The summed E-state index contributed by atoms with van der Waals surface area (Å²) in [5.74, 6) is -0.0285. The van der Waals surface area contributed by atoms with Crippen LogP contribution in [0.2, 0.25) is 0 Å². The number of nitrogens with one attached hydrogen (secondary N) is 2. The number of carbonyl (C=O) groups is 1. The molecule has 1 fully saturated rings. The Morgan fingerprint density at radius 3 is 2.86 bits per heavy atom. The van der Waals surface area contributed by atoms with Crippen molar-refractivity contribution >= 4 is 27.5 Å². The van der Waals surface area contributed by atoms with E-state index in [1.807, 2.05) is 41.2 Å². The Kier molecular flexibility index (Phi) is 4.41. The Morgan fingerprint density at radius 2 is 2.10 bits per heavy atom. The van der Waals surface area contributed by atoms with E-state index >= 15 is 0 Å². The summed E-state index contributed by atoms with van der Waals surface area (Å²) in [6.07, 6.45) is 6.54. The zero-order chi connectivity index (χ0) is 14.7. The van der Waals surface area contributed by atoms with Gasteiger partial charge in [-0.25, -0.2) is 0 Å². The number of benzene rings is 1. The monoisotopic (exact) mass is 347 g/mol. The first-order valence-corrected chi connectivity index (χ1v) is 7.92. The number of hydrogen-bond donors (Lipinski definition) is 2. The number of hydrogen-bond acceptors (Lipinski definition) is 2. The van der Waals surface area contributed by atoms with Gasteiger partial charge in [0, 0.05) is 29.5 Å². The number of halogens is 1. The summed E-state index contributed by atoms with van der Waals surface area (Å²) in [6.45, 7) is 1.20. The molecule has 2 N–H and O–H groups in total. The lowest BCUT2D eigenvalue weighted by atomic mass is 10.3. The van der Waals surface area contributed by atoms with E-state index in [4.69, 9.17) is 0 Å². The Balaban J connectivity index is 1.53. The molecule has 0 atom stereocenters. The standard InChI is InChI=1S/C16H18BrN3O/c17-14-3-1-2-4-15(14)19-16(21)11-20-8-7-12(10-20)9-18-13-5-6-13/h1-4,7-8,10,13,18H,5-6,9,11H2,(H,19,21). The van der Waals surface area contributed by atoms with Crippen molar-refractivity contribution in [3.8, 4) is 0 Å². The molecule has 110 valence electrons. The van der Waals surface area contributed by atoms with Crippen molar-refractivity contribution < 1.29 is 4.79 Å². The third kappa shape index (κ3) is 4.19. The van der Waals surface area contributed by atoms with Gasteiger partial charge in [0.15, 0.2) is 0 Å². The zero-order valence-corrected chi connectivity index (χ0v) is 13.3. The highest BCUT2D eigenvalue weighted by molar-refractivity contribution is 9.10. The molecule has 5 heteroatoms. The van der Waals surface area contributed by atoms with Gasteiger partial charge in [0.05, 0.1) is 5.69 Å². The number of nitrogens with zero attached hydrogens (tertiary/aromatic N) is 1. The molecule has 0 aliphatic heterocycles. The predicted octanol–water partition coefficient (Wildman–Crippen LogP) is 3.14. The van der Waals surface area contributed by atoms with E-state index in [9.17, 15) is 4.79 Å². The van der Waals surface area contributed by atoms with E-state index in [2.05, 4.69) is 32.6 Å². The van der Waals surface area contributed by atoms with Crippen LogP contribution in [0, 0.1) is 0 Å². The Bertz CT molecular complexity index is 634. The molecule has 3 rings (SSSR count). The lowest BCUT2D eigenvalue weighted by molar-refractivity contribution is -0.116. The second-order valence-electron chi connectivity index (χ2n) is 5.38. The molecular weight excluding hydrogens is 330 g/mol. The summed E-state index contributed by atoms with van der Waals surface area (Å²) in [5.41, 5.74) is 2.01. The van der Waals surface area contributed by atoms with Crippen LogP contribution < -0.4 is 10.6 Å². The van der Waals surface area contributed by atoms with Crippen LogP contribution in [0.3, 0.4) is 0 Å². The lowest BCUT2D eigenvalue weighted by Gasteiger charge is -2.07. The van der Waals surface area contributed by atoms with Crippen molar-refractivity contribution in [1.82, 2.24) is 9.88 Å². The SMILES string of the molecule is O=C(Cn1ccc(CNC2CC2)c1)Nc1ccccc1Br. The minimum absolute atomic E-state index is 0.0285. The molecule has 1 amide bonds. The van der Waals surface area contributed by atoms with Gasteiger partial charge in [0.1, 0.15) is 6.54 Å². The van der Waals surface area contributed by atoms with Crippen LogP contribution in [0.25, 0.3) is 0 Å². The number of aromatic nitrogens is 1. The molecule has 0 bridgehead atoms. The summed E-state index contributed by atoms with van der Waals surface area (Å²) in [6, 6.07) is 10.4. The van der Waals surface area contributed by atoms with Crippen LogP contribution in [0.4, 0.5) is 5.69 Å². The van der Waals surface area contributed by atoms with Gasteiger partial charge in [0.25, 0.3) is 0 Å². The molecule has 1 aromatic carbocycles. The van der Waals surface area contributed by atoms with Crippen LogP contribution in [-0.2, 0) is 17.9 Å². The molecule has 4 nitrogen and oxygen atoms in total. The van der Waals surface area contributed by atoms with Crippen molar-refractivity contribution in [3.63, 3.8) is 0 Å². The molecule has 0 radical (unpaired) electrons. The minimum Gasteiger partial charge on any atom is -0.345 e. The van der Waals surface area contributed by atoms with Crippen LogP contribution in [0.15, 0.2) is 47.2 Å². The molecule has 21 heavy (non-hydrogen) atoms. The smallest absolute Gasteiger partial charge is 0.244 e. The molecular formula is C16H18BrN3O. The summed E-state index contributed by atoms with van der Waals surface area (Å²) in [4.78, 5) is 12.1. The number of amides is 1. The van der Waals surface area contributed by atoms with Crippen molar-refractivity contribution in [2.45, 2.75) is 32.0 Å². The largest absolute Gasteiger partial charge is 0.345 e. The Morgan fingerprint density at radius 1 is 1.29 bits per heavy atom. The number of rotatable bonds is 6. The fourth-order valence-electron chi connectivity index (χ4n) is 2.16. The predicted molar refractivity (Wildman–Crippen MR) is 87.1 cm³/mol. The van der Waals surface area contributed by atoms with Crippen molar-refractivity contribution in [3.05, 3.63) is 52.8 Å². The van der Waals surface area contributed by atoms with Gasteiger partial charge in [-0.2, -0.15) is 0 Å². The highest BCUT2D eigenvalue weighted by Gasteiger charge is 2.20.